The van der Waals surface area contributed by atoms with E-state index in [9.17, 15) is 4.39 Å². The molecule has 0 fully saturated rings. The van der Waals surface area contributed by atoms with Crippen molar-refractivity contribution in [3.05, 3.63) is 41.8 Å². The zero-order chi connectivity index (χ0) is 15.9. The van der Waals surface area contributed by atoms with Gasteiger partial charge in [0.1, 0.15) is 12.4 Å². The molecule has 1 heterocycles. The van der Waals surface area contributed by atoms with Gasteiger partial charge < -0.3 is 9.47 Å². The van der Waals surface area contributed by atoms with E-state index in [-0.39, 0.29) is 24.5 Å². The van der Waals surface area contributed by atoms with Crippen LogP contribution in [0.3, 0.4) is 0 Å². The van der Waals surface area contributed by atoms with Gasteiger partial charge in [-0.3, -0.25) is 4.84 Å². The van der Waals surface area contributed by atoms with Crippen molar-refractivity contribution >= 4 is 5.82 Å². The molecule has 0 spiro atoms. The minimum absolute atomic E-state index is 0.0547. The molecule has 1 N–H and O–H groups in total. The van der Waals surface area contributed by atoms with Gasteiger partial charge in [0.2, 0.25) is 0 Å². The molecule has 2 rings (SSSR count). The summed E-state index contributed by atoms with van der Waals surface area (Å²) in [4.78, 5) is 12.8. The number of rotatable bonds is 7. The van der Waals surface area contributed by atoms with E-state index in [0.29, 0.717) is 0 Å². The van der Waals surface area contributed by atoms with E-state index < -0.39 is 5.82 Å². The van der Waals surface area contributed by atoms with Crippen molar-refractivity contribution < 1.29 is 18.7 Å². The van der Waals surface area contributed by atoms with Crippen LogP contribution in [-0.2, 0) is 11.4 Å². The fraction of sp³-hybridized carbons (Fsp3) is 0.333. The number of nitrogens with one attached hydrogen (secondary N) is 1. The highest BCUT2D eigenvalue weighted by molar-refractivity contribution is 5.33. The molecule has 7 heteroatoms. The summed E-state index contributed by atoms with van der Waals surface area (Å²) in [6, 6.07) is 7.46. The fourth-order valence-electron chi connectivity index (χ4n) is 1.58. The minimum atomic E-state index is -0.616. The summed E-state index contributed by atoms with van der Waals surface area (Å²) in [5, 5.41) is 0. The van der Waals surface area contributed by atoms with Crippen LogP contribution < -0.4 is 15.0 Å². The Labute approximate surface area is 128 Å². The Bertz CT molecular complexity index is 623. The highest BCUT2D eigenvalue weighted by atomic mass is 19.1. The summed E-state index contributed by atoms with van der Waals surface area (Å²) >= 11 is 0. The molecular weight excluding hydrogens is 289 g/mol. The number of ether oxygens (including phenoxy) is 2. The van der Waals surface area contributed by atoms with Crippen molar-refractivity contribution in [1.82, 2.24) is 9.97 Å². The maximum Gasteiger partial charge on any atom is 0.318 e. The van der Waals surface area contributed by atoms with Crippen molar-refractivity contribution in [1.29, 1.82) is 0 Å². The third-order valence-corrected chi connectivity index (χ3v) is 2.62. The van der Waals surface area contributed by atoms with Crippen LogP contribution in [0.5, 0.6) is 11.8 Å². The van der Waals surface area contributed by atoms with Crippen LogP contribution in [0.25, 0.3) is 0 Å². The Morgan fingerprint density at radius 2 is 2.14 bits per heavy atom. The highest BCUT2D eigenvalue weighted by Crippen LogP contribution is 2.17. The molecule has 0 aliphatic carbocycles. The molecule has 0 aliphatic heterocycles. The Morgan fingerprint density at radius 1 is 1.32 bits per heavy atom. The minimum Gasteiger partial charge on any atom is -0.497 e. The molecule has 22 heavy (non-hydrogen) atoms. The lowest BCUT2D eigenvalue weighted by Crippen LogP contribution is -2.12. The first-order valence-electron chi connectivity index (χ1n) is 6.78. The fourth-order valence-corrected chi connectivity index (χ4v) is 1.58. The molecule has 0 saturated carbocycles. The first-order valence-corrected chi connectivity index (χ1v) is 6.78. The summed E-state index contributed by atoms with van der Waals surface area (Å²) < 4.78 is 24.1. The molecule has 0 bridgehead atoms. The predicted octanol–water partition coefficient (Wildman–Crippen LogP) is 2.96. The monoisotopic (exact) mass is 307 g/mol. The van der Waals surface area contributed by atoms with E-state index in [4.69, 9.17) is 14.3 Å². The summed E-state index contributed by atoms with van der Waals surface area (Å²) in [5.74, 6) is 0.0486. The van der Waals surface area contributed by atoms with Gasteiger partial charge in [-0.2, -0.15) is 4.98 Å². The third-order valence-electron chi connectivity index (χ3n) is 2.62. The number of benzene rings is 1. The average molecular weight is 307 g/mol. The molecule has 0 saturated heterocycles. The maximum atomic E-state index is 13.5. The van der Waals surface area contributed by atoms with Gasteiger partial charge in [-0.1, -0.05) is 12.1 Å². The second-order valence-electron chi connectivity index (χ2n) is 4.76. The van der Waals surface area contributed by atoms with Crippen molar-refractivity contribution in [3.63, 3.8) is 0 Å². The predicted molar refractivity (Wildman–Crippen MR) is 79.2 cm³/mol. The van der Waals surface area contributed by atoms with Gasteiger partial charge in [-0.15, -0.1) is 0 Å². The molecule has 0 atom stereocenters. The molecule has 2 aromatic rings. The number of hydrogen-bond donors (Lipinski definition) is 1. The Balaban J connectivity index is 2.01. The van der Waals surface area contributed by atoms with Crippen LogP contribution in [0.2, 0.25) is 0 Å². The van der Waals surface area contributed by atoms with E-state index in [1.807, 2.05) is 38.1 Å². The quantitative estimate of drug-likeness (QED) is 0.793. The van der Waals surface area contributed by atoms with Crippen LogP contribution in [0.15, 0.2) is 30.5 Å². The number of nitrogens with zero attached hydrogens (tertiary/aromatic N) is 2. The van der Waals surface area contributed by atoms with Crippen LogP contribution in [-0.4, -0.2) is 23.2 Å². The molecule has 0 radical (unpaired) electrons. The number of halogens is 1. The van der Waals surface area contributed by atoms with Gasteiger partial charge in [0.25, 0.3) is 0 Å². The third kappa shape index (κ3) is 4.56. The molecule has 6 nitrogen and oxygen atoms in total. The maximum absolute atomic E-state index is 13.5. The van der Waals surface area contributed by atoms with E-state index >= 15 is 0 Å². The number of hydrogen-bond acceptors (Lipinski definition) is 6. The first-order chi connectivity index (χ1) is 10.6. The normalized spacial score (nSPS) is 10.6. The van der Waals surface area contributed by atoms with Gasteiger partial charge in [0, 0.05) is 0 Å². The van der Waals surface area contributed by atoms with E-state index in [1.54, 1.807) is 7.11 Å². The van der Waals surface area contributed by atoms with Gasteiger partial charge in [-0.05, 0) is 31.5 Å². The summed E-state index contributed by atoms with van der Waals surface area (Å²) in [6.07, 6.45) is 0.912. The molecule has 0 aliphatic rings. The van der Waals surface area contributed by atoms with Crippen molar-refractivity contribution in [2.45, 2.75) is 26.6 Å². The highest BCUT2D eigenvalue weighted by Gasteiger charge is 2.09. The van der Waals surface area contributed by atoms with E-state index in [2.05, 4.69) is 15.4 Å². The van der Waals surface area contributed by atoms with E-state index in [0.717, 1.165) is 17.5 Å². The first kappa shape index (κ1) is 16.0. The zero-order valence-electron chi connectivity index (χ0n) is 12.7. The van der Waals surface area contributed by atoms with Gasteiger partial charge in [0.05, 0.1) is 19.4 Å². The lowest BCUT2D eigenvalue weighted by Gasteiger charge is -2.11. The van der Waals surface area contributed by atoms with Crippen LogP contribution in [0.1, 0.15) is 19.4 Å². The van der Waals surface area contributed by atoms with Gasteiger partial charge in [-0.25, -0.2) is 14.9 Å². The van der Waals surface area contributed by atoms with E-state index in [1.165, 1.54) is 0 Å². The number of methoxy groups -OCH3 is 1. The molecule has 0 amide bonds. The second kappa shape index (κ2) is 7.56. The van der Waals surface area contributed by atoms with Crippen molar-refractivity contribution in [2.75, 3.05) is 12.6 Å². The number of aromatic nitrogens is 2. The zero-order valence-corrected chi connectivity index (χ0v) is 12.7. The lowest BCUT2D eigenvalue weighted by atomic mass is 10.2. The topological polar surface area (TPSA) is 65.5 Å². The van der Waals surface area contributed by atoms with Crippen LogP contribution in [0, 0.1) is 5.82 Å². The molecule has 118 valence electrons. The van der Waals surface area contributed by atoms with Gasteiger partial charge >= 0.3 is 6.01 Å². The molecule has 0 unspecified atom stereocenters. The number of anilines is 1. The van der Waals surface area contributed by atoms with Crippen molar-refractivity contribution in [2.24, 2.45) is 0 Å². The Hall–Kier alpha value is -2.41. The largest absolute Gasteiger partial charge is 0.497 e. The lowest BCUT2D eigenvalue weighted by molar-refractivity contribution is 0.127. The van der Waals surface area contributed by atoms with Crippen LogP contribution >= 0.6 is 0 Å². The average Bonchev–Trinajstić information content (AvgIpc) is 2.53. The SMILES string of the molecule is COc1cccc(COc2ncc(F)c(NOC(C)C)n2)c1. The Morgan fingerprint density at radius 3 is 2.86 bits per heavy atom. The molecule has 1 aromatic heterocycles. The smallest absolute Gasteiger partial charge is 0.318 e. The standard InChI is InChI=1S/C15H18FN3O3/c1-10(2)22-19-14-13(16)8-17-15(18-14)21-9-11-5-4-6-12(7-11)20-3/h4-8,10H,9H2,1-3H3,(H,17,18,19). The van der Waals surface area contributed by atoms with Crippen LogP contribution in [0.4, 0.5) is 10.2 Å². The van der Waals surface area contributed by atoms with Gasteiger partial charge in [0.15, 0.2) is 11.6 Å². The summed E-state index contributed by atoms with van der Waals surface area (Å²) in [6.45, 7) is 3.87. The summed E-state index contributed by atoms with van der Waals surface area (Å²) in [7, 11) is 1.59. The van der Waals surface area contributed by atoms with Crippen molar-refractivity contribution in [3.8, 4) is 11.8 Å². The second-order valence-corrected chi connectivity index (χ2v) is 4.76. The summed E-state index contributed by atoms with van der Waals surface area (Å²) in [5.41, 5.74) is 3.33. The Kier molecular flexibility index (Phi) is 5.48. The molecular formula is C15H18FN3O3. The molecule has 1 aromatic carbocycles.